The average Bonchev–Trinajstić information content (AvgIpc) is 3.32. The van der Waals surface area contributed by atoms with E-state index in [1.807, 2.05) is 24.6 Å². The number of carbonyl (C=O) groups is 1. The van der Waals surface area contributed by atoms with Crippen LogP contribution in [0.25, 0.3) is 5.69 Å². The minimum absolute atomic E-state index is 0.181. The van der Waals surface area contributed by atoms with E-state index in [1.165, 1.54) is 25.3 Å². The number of benzene rings is 1. The van der Waals surface area contributed by atoms with Crippen molar-refractivity contribution >= 4 is 5.91 Å². The fourth-order valence-corrected chi connectivity index (χ4v) is 4.11. The molecule has 0 aliphatic heterocycles. The first-order valence-electron chi connectivity index (χ1n) is 10.2. The van der Waals surface area contributed by atoms with Crippen LogP contribution in [0.5, 0.6) is 0 Å². The van der Waals surface area contributed by atoms with Gasteiger partial charge in [-0.3, -0.25) is 9.48 Å². The van der Waals surface area contributed by atoms with E-state index < -0.39 is 0 Å². The predicted octanol–water partition coefficient (Wildman–Crippen LogP) is 4.26. The number of imidazole rings is 1. The second-order valence-electron chi connectivity index (χ2n) is 7.69. The Morgan fingerprint density at radius 1 is 1.24 bits per heavy atom. The molecule has 0 atom stereocenters. The van der Waals surface area contributed by atoms with Crippen molar-refractivity contribution < 1.29 is 9.18 Å². The largest absolute Gasteiger partial charge is 0.348 e. The van der Waals surface area contributed by atoms with Gasteiger partial charge >= 0.3 is 0 Å². The molecule has 1 aromatic carbocycles. The van der Waals surface area contributed by atoms with Crippen LogP contribution in [-0.4, -0.2) is 25.2 Å². The van der Waals surface area contributed by atoms with Crippen molar-refractivity contribution in [2.75, 3.05) is 0 Å². The maximum Gasteiger partial charge on any atom is 0.255 e. The van der Waals surface area contributed by atoms with Gasteiger partial charge in [0, 0.05) is 24.6 Å². The summed E-state index contributed by atoms with van der Waals surface area (Å²) in [5.74, 6) is 0.189. The zero-order valence-electron chi connectivity index (χ0n) is 16.9. The molecule has 1 N–H and O–H groups in total. The van der Waals surface area contributed by atoms with Gasteiger partial charge in [0.25, 0.3) is 5.91 Å². The van der Waals surface area contributed by atoms with E-state index in [0.717, 1.165) is 24.4 Å². The molecule has 0 spiro atoms. The summed E-state index contributed by atoms with van der Waals surface area (Å²) in [6.07, 6.45) is 10.9. The number of aromatic nitrogens is 4. The number of hydrogen-bond donors (Lipinski definition) is 1. The third kappa shape index (κ3) is 3.95. The molecule has 3 aromatic rings. The second-order valence-corrected chi connectivity index (χ2v) is 7.69. The van der Waals surface area contributed by atoms with E-state index in [1.54, 1.807) is 29.2 Å². The van der Waals surface area contributed by atoms with E-state index >= 15 is 0 Å². The first-order valence-corrected chi connectivity index (χ1v) is 10.2. The molecular formula is C22H26FN5O. The lowest BCUT2D eigenvalue weighted by Crippen LogP contribution is -2.24. The highest BCUT2D eigenvalue weighted by molar-refractivity contribution is 5.95. The van der Waals surface area contributed by atoms with Gasteiger partial charge in [0.05, 0.1) is 23.5 Å². The van der Waals surface area contributed by atoms with Gasteiger partial charge in [0.15, 0.2) is 0 Å². The maximum atomic E-state index is 14.5. The number of amides is 1. The van der Waals surface area contributed by atoms with Gasteiger partial charge in [-0.15, -0.1) is 0 Å². The summed E-state index contributed by atoms with van der Waals surface area (Å²) in [6.45, 7) is 4.02. The zero-order valence-corrected chi connectivity index (χ0v) is 16.9. The second kappa shape index (κ2) is 8.19. The van der Waals surface area contributed by atoms with Crippen molar-refractivity contribution in [3.8, 4) is 5.69 Å². The van der Waals surface area contributed by atoms with Crippen LogP contribution >= 0.6 is 0 Å². The number of carbonyl (C=O) groups excluding carboxylic acids is 1. The van der Waals surface area contributed by atoms with Crippen LogP contribution in [0.1, 0.15) is 65.6 Å². The minimum Gasteiger partial charge on any atom is -0.348 e. The molecule has 4 rings (SSSR count). The lowest BCUT2D eigenvalue weighted by molar-refractivity contribution is 0.0950. The Balaban J connectivity index is 1.43. The third-order valence-electron chi connectivity index (χ3n) is 5.76. The quantitative estimate of drug-likeness (QED) is 0.702. The molecule has 1 saturated carbocycles. The first kappa shape index (κ1) is 19.4. The maximum absolute atomic E-state index is 14.5. The van der Waals surface area contributed by atoms with Crippen LogP contribution < -0.4 is 5.32 Å². The molecule has 1 aliphatic carbocycles. The minimum atomic E-state index is -0.348. The highest BCUT2D eigenvalue weighted by Gasteiger charge is 2.21. The van der Waals surface area contributed by atoms with E-state index in [-0.39, 0.29) is 18.3 Å². The number of nitrogens with one attached hydrogen (secondary N) is 1. The number of nitrogens with zero attached hydrogens (tertiary/aromatic N) is 4. The first-order chi connectivity index (χ1) is 14.0. The molecule has 29 heavy (non-hydrogen) atoms. The molecule has 152 valence electrons. The molecule has 2 heterocycles. The molecule has 6 nitrogen and oxygen atoms in total. The SMILES string of the molecule is Cc1nccn1-c1ccc(CNC(=O)c2cnn(C3CCCCC3)c2C)cc1F. The normalized spacial score (nSPS) is 14.9. The lowest BCUT2D eigenvalue weighted by Gasteiger charge is -2.23. The van der Waals surface area contributed by atoms with E-state index in [2.05, 4.69) is 15.4 Å². The molecule has 0 bridgehead atoms. The van der Waals surface area contributed by atoms with Gasteiger partial charge in [0.1, 0.15) is 11.6 Å². The van der Waals surface area contributed by atoms with Gasteiger partial charge in [-0.25, -0.2) is 9.37 Å². The summed E-state index contributed by atoms with van der Waals surface area (Å²) >= 11 is 0. The smallest absolute Gasteiger partial charge is 0.255 e. The van der Waals surface area contributed by atoms with Gasteiger partial charge in [-0.05, 0) is 44.4 Å². The van der Waals surface area contributed by atoms with Crippen LogP contribution in [0, 0.1) is 19.7 Å². The van der Waals surface area contributed by atoms with E-state index in [0.29, 0.717) is 22.9 Å². The molecule has 1 amide bonds. The van der Waals surface area contributed by atoms with Crippen molar-refractivity contribution in [3.63, 3.8) is 0 Å². The molecule has 0 unspecified atom stereocenters. The molecule has 7 heteroatoms. The third-order valence-corrected chi connectivity index (χ3v) is 5.76. The topological polar surface area (TPSA) is 64.7 Å². The van der Waals surface area contributed by atoms with Crippen molar-refractivity contribution in [2.45, 2.75) is 58.5 Å². The molecule has 0 radical (unpaired) electrons. The van der Waals surface area contributed by atoms with Crippen molar-refractivity contribution in [1.82, 2.24) is 24.6 Å². The van der Waals surface area contributed by atoms with Crippen LogP contribution in [0.15, 0.2) is 36.8 Å². The molecule has 1 aliphatic rings. The van der Waals surface area contributed by atoms with Crippen molar-refractivity contribution in [1.29, 1.82) is 0 Å². The summed E-state index contributed by atoms with van der Waals surface area (Å²) in [5, 5.41) is 7.35. The standard InChI is InChI=1S/C22H26FN5O/c1-15-19(14-26-28(15)18-6-4-3-5-7-18)22(29)25-13-17-8-9-21(20(23)12-17)27-11-10-24-16(27)2/h8-12,14,18H,3-7,13H2,1-2H3,(H,25,29). The van der Waals surface area contributed by atoms with Crippen LogP contribution in [0.4, 0.5) is 4.39 Å². The molecule has 2 aromatic heterocycles. The van der Waals surface area contributed by atoms with Gasteiger partial charge < -0.3 is 9.88 Å². The summed E-state index contributed by atoms with van der Waals surface area (Å²) in [4.78, 5) is 16.8. The molecule has 1 fully saturated rings. The number of halogens is 1. The Kier molecular flexibility index (Phi) is 5.47. The van der Waals surface area contributed by atoms with Gasteiger partial charge in [0.2, 0.25) is 0 Å². The van der Waals surface area contributed by atoms with Gasteiger partial charge in [-0.1, -0.05) is 25.3 Å². The van der Waals surface area contributed by atoms with Crippen molar-refractivity contribution in [2.24, 2.45) is 0 Å². The fraction of sp³-hybridized carbons (Fsp3) is 0.409. The fourth-order valence-electron chi connectivity index (χ4n) is 4.11. The Hall–Kier alpha value is -2.96. The van der Waals surface area contributed by atoms with Crippen LogP contribution in [-0.2, 0) is 6.54 Å². The summed E-state index contributed by atoms with van der Waals surface area (Å²) < 4.78 is 18.2. The molecular weight excluding hydrogens is 369 g/mol. The van der Waals surface area contributed by atoms with E-state index in [9.17, 15) is 9.18 Å². The highest BCUT2D eigenvalue weighted by Crippen LogP contribution is 2.29. The van der Waals surface area contributed by atoms with Gasteiger partial charge in [-0.2, -0.15) is 5.10 Å². The highest BCUT2D eigenvalue weighted by atomic mass is 19.1. The monoisotopic (exact) mass is 395 g/mol. The zero-order chi connectivity index (χ0) is 20.4. The summed E-state index contributed by atoms with van der Waals surface area (Å²) in [7, 11) is 0. The van der Waals surface area contributed by atoms with Crippen molar-refractivity contribution in [3.05, 3.63) is 65.3 Å². The Morgan fingerprint density at radius 2 is 2.03 bits per heavy atom. The predicted molar refractivity (Wildman–Crippen MR) is 109 cm³/mol. The average molecular weight is 395 g/mol. The lowest BCUT2D eigenvalue weighted by atomic mass is 9.95. The Bertz CT molecular complexity index is 1020. The van der Waals surface area contributed by atoms with Crippen LogP contribution in [0.3, 0.4) is 0 Å². The number of aryl methyl sites for hydroxylation is 1. The molecule has 0 saturated heterocycles. The number of hydrogen-bond acceptors (Lipinski definition) is 3. The Morgan fingerprint density at radius 3 is 2.72 bits per heavy atom. The number of rotatable bonds is 5. The summed E-state index contributed by atoms with van der Waals surface area (Å²) in [6, 6.07) is 5.36. The van der Waals surface area contributed by atoms with E-state index in [4.69, 9.17) is 0 Å². The summed E-state index contributed by atoms with van der Waals surface area (Å²) in [5.41, 5.74) is 2.63. The van der Waals surface area contributed by atoms with Crippen LogP contribution in [0.2, 0.25) is 0 Å². The Labute approximate surface area is 169 Å².